The standard InChI is InChI=1S/C22H30FN3O3/c23-22(8-5-16(14-22)13-19(27)28)21(29)26-10-6-15(7-11-26)12-18-4-3-17-2-1-9-24-20(17)25-18/h3-4,15-16H,1-2,5-14H2,(H,24,25)(H,27,28). The number of nitrogens with zero attached hydrogens (tertiary/aromatic N) is 2. The molecule has 1 aromatic rings. The fourth-order valence-electron chi connectivity index (χ4n) is 5.11. The SMILES string of the molecule is O=C(O)CC1CCC(F)(C(=O)N2CCC(Cc3ccc4c(n3)NCCC4)CC2)C1. The first-order valence-electron chi connectivity index (χ1n) is 10.9. The Labute approximate surface area is 170 Å². The average molecular weight is 403 g/mol. The van der Waals surface area contributed by atoms with Crippen LogP contribution in [-0.4, -0.2) is 52.2 Å². The van der Waals surface area contributed by atoms with Crippen molar-refractivity contribution in [1.82, 2.24) is 9.88 Å². The number of carboxylic acid groups (broad SMARTS) is 1. The van der Waals surface area contributed by atoms with Crippen LogP contribution in [0, 0.1) is 11.8 Å². The smallest absolute Gasteiger partial charge is 0.303 e. The fraction of sp³-hybridized carbons (Fsp3) is 0.682. The molecule has 7 heteroatoms. The molecule has 1 aromatic heterocycles. The third-order valence-corrected chi connectivity index (χ3v) is 6.76. The summed E-state index contributed by atoms with van der Waals surface area (Å²) in [5.74, 6) is -0.119. The number of aryl methyl sites for hydroxylation is 1. The van der Waals surface area contributed by atoms with Gasteiger partial charge in [0.1, 0.15) is 5.82 Å². The van der Waals surface area contributed by atoms with Gasteiger partial charge in [0.05, 0.1) is 0 Å². The maximum Gasteiger partial charge on any atom is 0.303 e. The van der Waals surface area contributed by atoms with E-state index < -0.39 is 17.5 Å². The van der Waals surface area contributed by atoms with E-state index in [-0.39, 0.29) is 25.2 Å². The first-order valence-corrected chi connectivity index (χ1v) is 10.9. The maximum absolute atomic E-state index is 15.2. The van der Waals surface area contributed by atoms with E-state index >= 15 is 4.39 Å². The monoisotopic (exact) mass is 403 g/mol. The van der Waals surface area contributed by atoms with Gasteiger partial charge in [-0.3, -0.25) is 9.59 Å². The van der Waals surface area contributed by atoms with Crippen molar-refractivity contribution in [2.75, 3.05) is 25.0 Å². The number of aliphatic carboxylic acids is 1. The highest BCUT2D eigenvalue weighted by atomic mass is 19.1. The van der Waals surface area contributed by atoms with Gasteiger partial charge in [0, 0.05) is 31.7 Å². The van der Waals surface area contributed by atoms with E-state index in [0.717, 1.165) is 50.2 Å². The van der Waals surface area contributed by atoms with Gasteiger partial charge in [0.2, 0.25) is 0 Å². The minimum absolute atomic E-state index is 0.0457. The van der Waals surface area contributed by atoms with Gasteiger partial charge in [-0.1, -0.05) is 6.07 Å². The van der Waals surface area contributed by atoms with Gasteiger partial charge in [-0.25, -0.2) is 9.37 Å². The maximum atomic E-state index is 15.2. The summed E-state index contributed by atoms with van der Waals surface area (Å²) in [6.07, 6.45) is 5.44. The summed E-state index contributed by atoms with van der Waals surface area (Å²) < 4.78 is 15.2. The van der Waals surface area contributed by atoms with Crippen LogP contribution < -0.4 is 5.32 Å². The van der Waals surface area contributed by atoms with E-state index in [0.29, 0.717) is 25.4 Å². The Kier molecular flexibility index (Phi) is 5.74. The normalized spacial score (nSPS) is 27.3. The van der Waals surface area contributed by atoms with Crippen LogP contribution in [0.25, 0.3) is 0 Å². The second-order valence-electron chi connectivity index (χ2n) is 8.95. The molecule has 0 bridgehead atoms. The minimum atomic E-state index is -1.88. The van der Waals surface area contributed by atoms with E-state index in [1.165, 1.54) is 5.56 Å². The Balaban J connectivity index is 1.29. The molecule has 1 amide bonds. The molecule has 3 aliphatic rings. The number of rotatable bonds is 5. The Bertz CT molecular complexity index is 779. The average Bonchev–Trinajstić information content (AvgIpc) is 3.09. The molecular weight excluding hydrogens is 373 g/mol. The number of anilines is 1. The molecule has 1 saturated heterocycles. The summed E-state index contributed by atoms with van der Waals surface area (Å²) in [5, 5.41) is 12.3. The number of hydrogen-bond donors (Lipinski definition) is 2. The van der Waals surface area contributed by atoms with Crippen LogP contribution in [0.15, 0.2) is 12.1 Å². The van der Waals surface area contributed by atoms with Gasteiger partial charge in [0.15, 0.2) is 5.67 Å². The van der Waals surface area contributed by atoms with Crippen LogP contribution in [0.2, 0.25) is 0 Å². The molecule has 4 rings (SSSR count). The number of carbonyl (C=O) groups excluding carboxylic acids is 1. The first-order chi connectivity index (χ1) is 13.9. The number of halogens is 1. The molecular formula is C22H30FN3O3. The largest absolute Gasteiger partial charge is 0.481 e. The number of alkyl halides is 1. The van der Waals surface area contributed by atoms with Gasteiger partial charge < -0.3 is 15.3 Å². The topological polar surface area (TPSA) is 82.5 Å². The number of amides is 1. The predicted octanol–water partition coefficient (Wildman–Crippen LogP) is 3.20. The summed E-state index contributed by atoms with van der Waals surface area (Å²) >= 11 is 0. The number of piperidine rings is 1. The third-order valence-electron chi connectivity index (χ3n) is 6.76. The first kappa shape index (κ1) is 20.1. The molecule has 158 valence electrons. The Morgan fingerprint density at radius 3 is 2.79 bits per heavy atom. The molecule has 3 heterocycles. The summed E-state index contributed by atoms with van der Waals surface area (Å²) in [6.45, 7) is 2.12. The molecule has 2 atom stereocenters. The van der Waals surface area contributed by atoms with Gasteiger partial charge >= 0.3 is 5.97 Å². The second-order valence-corrected chi connectivity index (χ2v) is 8.95. The van der Waals surface area contributed by atoms with Crippen molar-refractivity contribution in [3.8, 4) is 0 Å². The van der Waals surface area contributed by atoms with Crippen molar-refractivity contribution < 1.29 is 19.1 Å². The number of nitrogens with one attached hydrogen (secondary N) is 1. The molecule has 2 fully saturated rings. The van der Waals surface area contributed by atoms with Crippen LogP contribution in [0.5, 0.6) is 0 Å². The van der Waals surface area contributed by atoms with Crippen molar-refractivity contribution in [2.24, 2.45) is 11.8 Å². The molecule has 2 aliphatic heterocycles. The number of carboxylic acids is 1. The molecule has 1 saturated carbocycles. The zero-order valence-electron chi connectivity index (χ0n) is 16.8. The van der Waals surface area contributed by atoms with Crippen molar-refractivity contribution in [3.05, 3.63) is 23.4 Å². The molecule has 1 aliphatic carbocycles. The summed E-state index contributed by atoms with van der Waals surface area (Å²) in [6, 6.07) is 4.28. The van der Waals surface area contributed by atoms with Gasteiger partial charge in [-0.2, -0.15) is 0 Å². The zero-order valence-corrected chi connectivity index (χ0v) is 16.8. The summed E-state index contributed by atoms with van der Waals surface area (Å²) in [5.41, 5.74) is 0.488. The van der Waals surface area contributed by atoms with Gasteiger partial charge in [-0.05, 0) is 74.8 Å². The highest BCUT2D eigenvalue weighted by Gasteiger charge is 2.48. The zero-order chi connectivity index (χ0) is 20.4. The molecule has 29 heavy (non-hydrogen) atoms. The number of likely N-dealkylation sites (tertiary alicyclic amines) is 1. The lowest BCUT2D eigenvalue weighted by molar-refractivity contribution is -0.146. The van der Waals surface area contributed by atoms with Crippen LogP contribution in [-0.2, 0) is 22.4 Å². The number of hydrogen-bond acceptors (Lipinski definition) is 4. The molecule has 2 N–H and O–H groups in total. The van der Waals surface area contributed by atoms with E-state index in [1.54, 1.807) is 4.90 Å². The molecule has 0 radical (unpaired) electrons. The Morgan fingerprint density at radius 2 is 2.03 bits per heavy atom. The van der Waals surface area contributed by atoms with E-state index in [1.807, 2.05) is 0 Å². The van der Waals surface area contributed by atoms with Crippen LogP contribution in [0.3, 0.4) is 0 Å². The molecule has 0 spiro atoms. The van der Waals surface area contributed by atoms with Crippen molar-refractivity contribution >= 4 is 17.7 Å². The van der Waals surface area contributed by atoms with E-state index in [9.17, 15) is 9.59 Å². The second kappa shape index (κ2) is 8.28. The van der Waals surface area contributed by atoms with Crippen molar-refractivity contribution in [2.45, 2.75) is 63.5 Å². The van der Waals surface area contributed by atoms with Crippen LogP contribution in [0.4, 0.5) is 10.2 Å². The highest BCUT2D eigenvalue weighted by Crippen LogP contribution is 2.41. The van der Waals surface area contributed by atoms with E-state index in [2.05, 4.69) is 17.4 Å². The quantitative estimate of drug-likeness (QED) is 0.789. The third kappa shape index (κ3) is 4.54. The number of aromatic nitrogens is 1. The molecule has 6 nitrogen and oxygen atoms in total. The number of carbonyl (C=O) groups is 2. The Morgan fingerprint density at radius 1 is 1.24 bits per heavy atom. The number of pyridine rings is 1. The fourth-order valence-corrected chi connectivity index (χ4v) is 5.11. The minimum Gasteiger partial charge on any atom is -0.481 e. The van der Waals surface area contributed by atoms with Crippen molar-refractivity contribution in [1.29, 1.82) is 0 Å². The summed E-state index contributed by atoms with van der Waals surface area (Å²) in [7, 11) is 0. The van der Waals surface area contributed by atoms with Crippen LogP contribution in [0.1, 0.15) is 56.2 Å². The van der Waals surface area contributed by atoms with E-state index in [4.69, 9.17) is 10.1 Å². The molecule has 2 unspecified atom stereocenters. The van der Waals surface area contributed by atoms with Gasteiger partial charge in [0.25, 0.3) is 5.91 Å². The molecule has 0 aromatic carbocycles. The van der Waals surface area contributed by atoms with Gasteiger partial charge in [-0.15, -0.1) is 0 Å². The highest BCUT2D eigenvalue weighted by molar-refractivity contribution is 5.85. The lowest BCUT2D eigenvalue weighted by Crippen LogP contribution is -2.48. The lowest BCUT2D eigenvalue weighted by Gasteiger charge is -2.35. The number of fused-ring (bicyclic) bond motifs is 1. The lowest BCUT2D eigenvalue weighted by atomic mass is 9.90. The predicted molar refractivity (Wildman–Crippen MR) is 107 cm³/mol. The van der Waals surface area contributed by atoms with Crippen molar-refractivity contribution in [3.63, 3.8) is 0 Å². The van der Waals surface area contributed by atoms with Crippen LogP contribution >= 0.6 is 0 Å². The summed E-state index contributed by atoms with van der Waals surface area (Å²) in [4.78, 5) is 30.1. The Hall–Kier alpha value is -2.18.